The Kier molecular flexibility index (Phi) is 5.14. The highest BCUT2D eigenvalue weighted by Gasteiger charge is 2.30. The minimum absolute atomic E-state index is 0.0358. The molecule has 1 aliphatic heterocycles. The number of carbonyl (C=O) groups is 1. The van der Waals surface area contributed by atoms with E-state index in [1.54, 1.807) is 11.0 Å². The fraction of sp³-hybridized carbons (Fsp3) is 0.500. The maximum absolute atomic E-state index is 12.5. The lowest BCUT2D eigenvalue weighted by Crippen LogP contribution is -2.51. The lowest BCUT2D eigenvalue weighted by atomic mass is 10.0. The van der Waals surface area contributed by atoms with Crippen LogP contribution >= 0.6 is 11.6 Å². The molecule has 0 radical (unpaired) electrons. The number of amides is 1. The molecule has 1 aromatic rings. The first-order valence-corrected chi connectivity index (χ1v) is 7.41. The van der Waals surface area contributed by atoms with Crippen molar-refractivity contribution in [1.82, 2.24) is 5.32 Å². The molecule has 7 heteroatoms. The predicted molar refractivity (Wildman–Crippen MR) is 81.8 cm³/mol. The predicted octanol–water partition coefficient (Wildman–Crippen LogP) is 2.74. The molecule has 0 bridgehead atoms. The topological polar surface area (TPSA) is 75.5 Å². The summed E-state index contributed by atoms with van der Waals surface area (Å²) >= 11 is 5.81. The number of nitrogens with zero attached hydrogens (tertiary/aromatic N) is 2. The minimum atomic E-state index is -0.535. The fourth-order valence-electron chi connectivity index (χ4n) is 2.45. The van der Waals surface area contributed by atoms with Gasteiger partial charge in [0.2, 0.25) is 5.91 Å². The average Bonchev–Trinajstić information content (AvgIpc) is 2.47. The largest absolute Gasteiger partial charge is 0.311 e. The smallest absolute Gasteiger partial charge is 0.289 e. The van der Waals surface area contributed by atoms with E-state index in [1.165, 1.54) is 12.1 Å². The molecule has 1 amide bonds. The molecule has 0 aliphatic carbocycles. The number of benzene rings is 1. The summed E-state index contributed by atoms with van der Waals surface area (Å²) in [5.74, 6) is -0.0358. The van der Waals surface area contributed by atoms with Crippen LogP contribution in [0.1, 0.15) is 26.2 Å². The van der Waals surface area contributed by atoms with Gasteiger partial charge in [0.1, 0.15) is 5.02 Å². The molecule has 114 valence electrons. The Labute approximate surface area is 128 Å². The molecule has 1 aromatic carbocycles. The van der Waals surface area contributed by atoms with Gasteiger partial charge in [0, 0.05) is 12.6 Å². The number of nitrogens with one attached hydrogen (secondary N) is 1. The number of nitro groups is 1. The second-order valence-electron chi connectivity index (χ2n) is 5.03. The summed E-state index contributed by atoms with van der Waals surface area (Å²) in [5, 5.41) is 14.2. The molecule has 21 heavy (non-hydrogen) atoms. The van der Waals surface area contributed by atoms with Gasteiger partial charge in [-0.25, -0.2) is 0 Å². The molecule has 0 aromatic heterocycles. The Morgan fingerprint density at radius 2 is 2.29 bits per heavy atom. The van der Waals surface area contributed by atoms with Crippen LogP contribution in [-0.2, 0) is 4.79 Å². The molecule has 1 N–H and O–H groups in total. The van der Waals surface area contributed by atoms with Crippen molar-refractivity contribution in [3.8, 4) is 0 Å². The quantitative estimate of drug-likeness (QED) is 0.670. The fourth-order valence-corrected chi connectivity index (χ4v) is 2.64. The Morgan fingerprint density at radius 1 is 1.52 bits per heavy atom. The first-order valence-electron chi connectivity index (χ1n) is 7.03. The molecule has 1 saturated heterocycles. The van der Waals surface area contributed by atoms with E-state index in [0.717, 1.165) is 25.8 Å². The summed E-state index contributed by atoms with van der Waals surface area (Å²) in [4.78, 5) is 24.5. The molecular formula is C14H18ClN3O3. The molecular weight excluding hydrogens is 294 g/mol. The van der Waals surface area contributed by atoms with Crippen molar-refractivity contribution in [3.63, 3.8) is 0 Å². The average molecular weight is 312 g/mol. The number of hydrogen-bond acceptors (Lipinski definition) is 4. The zero-order valence-electron chi connectivity index (χ0n) is 11.8. The molecule has 1 fully saturated rings. The van der Waals surface area contributed by atoms with E-state index in [0.29, 0.717) is 12.2 Å². The van der Waals surface area contributed by atoms with E-state index < -0.39 is 4.92 Å². The van der Waals surface area contributed by atoms with Crippen molar-refractivity contribution in [2.45, 2.75) is 32.2 Å². The van der Waals surface area contributed by atoms with Gasteiger partial charge >= 0.3 is 0 Å². The highest BCUT2D eigenvalue weighted by Crippen LogP contribution is 2.30. The normalized spacial score (nSPS) is 18.9. The lowest BCUT2D eigenvalue weighted by Gasteiger charge is -2.32. The van der Waals surface area contributed by atoms with Gasteiger partial charge in [0.05, 0.1) is 16.7 Å². The van der Waals surface area contributed by atoms with Crippen LogP contribution in [0.2, 0.25) is 5.02 Å². The summed E-state index contributed by atoms with van der Waals surface area (Å²) in [6, 6.07) is 4.26. The summed E-state index contributed by atoms with van der Waals surface area (Å²) in [5.41, 5.74) is 0.352. The molecule has 6 nitrogen and oxygen atoms in total. The molecule has 2 rings (SSSR count). The number of nitro benzene ring substituents is 1. The molecule has 1 aliphatic rings. The maximum Gasteiger partial charge on any atom is 0.289 e. The van der Waals surface area contributed by atoms with Crippen LogP contribution in [-0.4, -0.2) is 30.0 Å². The van der Waals surface area contributed by atoms with Crippen molar-refractivity contribution >= 4 is 28.9 Å². The van der Waals surface area contributed by atoms with Crippen molar-refractivity contribution in [1.29, 1.82) is 0 Å². The monoisotopic (exact) mass is 311 g/mol. The third-order valence-electron chi connectivity index (χ3n) is 3.52. The zero-order chi connectivity index (χ0) is 15.4. The SMILES string of the molecule is CCCNC1CCCN(c2ccc(Cl)c([N+](=O)[O-])c2)C1=O. The highest BCUT2D eigenvalue weighted by molar-refractivity contribution is 6.32. The first-order chi connectivity index (χ1) is 10.0. The zero-order valence-corrected chi connectivity index (χ0v) is 12.6. The van der Waals surface area contributed by atoms with Gasteiger partial charge in [-0.2, -0.15) is 0 Å². The summed E-state index contributed by atoms with van der Waals surface area (Å²) in [6.45, 7) is 3.40. The van der Waals surface area contributed by atoms with Gasteiger partial charge in [-0.05, 0) is 37.9 Å². The van der Waals surface area contributed by atoms with Crippen LogP contribution in [0.15, 0.2) is 18.2 Å². The number of rotatable bonds is 5. The molecule has 1 heterocycles. The Bertz CT molecular complexity index is 550. The van der Waals surface area contributed by atoms with Crippen LogP contribution in [0.5, 0.6) is 0 Å². The molecule has 0 saturated carbocycles. The van der Waals surface area contributed by atoms with Crippen molar-refractivity contribution < 1.29 is 9.72 Å². The molecule has 1 atom stereocenters. The number of hydrogen-bond donors (Lipinski definition) is 1. The second-order valence-corrected chi connectivity index (χ2v) is 5.44. The van der Waals surface area contributed by atoms with E-state index in [2.05, 4.69) is 5.32 Å². The van der Waals surface area contributed by atoms with Gasteiger partial charge in [-0.1, -0.05) is 18.5 Å². The van der Waals surface area contributed by atoms with Crippen molar-refractivity contribution in [3.05, 3.63) is 33.3 Å². The minimum Gasteiger partial charge on any atom is -0.311 e. The number of piperidine rings is 1. The Morgan fingerprint density at radius 3 is 2.95 bits per heavy atom. The van der Waals surface area contributed by atoms with Gasteiger partial charge < -0.3 is 10.2 Å². The first kappa shape index (κ1) is 15.7. The maximum atomic E-state index is 12.5. The third kappa shape index (κ3) is 3.51. The summed E-state index contributed by atoms with van der Waals surface area (Å²) in [7, 11) is 0. The third-order valence-corrected chi connectivity index (χ3v) is 3.84. The Balaban J connectivity index is 2.22. The second kappa shape index (κ2) is 6.87. The van der Waals surface area contributed by atoms with Crippen LogP contribution in [0.4, 0.5) is 11.4 Å². The van der Waals surface area contributed by atoms with Gasteiger partial charge in [0.25, 0.3) is 5.69 Å². The van der Waals surface area contributed by atoms with E-state index in [-0.39, 0.29) is 22.7 Å². The van der Waals surface area contributed by atoms with E-state index in [1.807, 2.05) is 6.92 Å². The van der Waals surface area contributed by atoms with Crippen LogP contribution in [0, 0.1) is 10.1 Å². The molecule has 1 unspecified atom stereocenters. The lowest BCUT2D eigenvalue weighted by molar-refractivity contribution is -0.384. The standard InChI is InChI=1S/C14H18ClN3O3/c1-2-7-16-12-4-3-8-17(14(12)19)10-5-6-11(15)13(9-10)18(20)21/h5-6,9,12,16H,2-4,7-8H2,1H3. The summed E-state index contributed by atoms with van der Waals surface area (Å²) < 4.78 is 0. The Hall–Kier alpha value is -1.66. The van der Waals surface area contributed by atoms with Gasteiger partial charge in [-0.15, -0.1) is 0 Å². The van der Waals surface area contributed by atoms with Crippen molar-refractivity contribution in [2.75, 3.05) is 18.0 Å². The number of halogens is 1. The van der Waals surface area contributed by atoms with E-state index in [9.17, 15) is 14.9 Å². The van der Waals surface area contributed by atoms with Crippen LogP contribution in [0.25, 0.3) is 0 Å². The van der Waals surface area contributed by atoms with Crippen molar-refractivity contribution in [2.24, 2.45) is 0 Å². The van der Waals surface area contributed by atoms with Crippen LogP contribution < -0.4 is 10.2 Å². The van der Waals surface area contributed by atoms with E-state index >= 15 is 0 Å². The van der Waals surface area contributed by atoms with E-state index in [4.69, 9.17) is 11.6 Å². The number of anilines is 1. The van der Waals surface area contributed by atoms with Crippen LogP contribution in [0.3, 0.4) is 0 Å². The molecule has 0 spiro atoms. The summed E-state index contributed by atoms with van der Waals surface area (Å²) in [6.07, 6.45) is 2.62. The van der Waals surface area contributed by atoms with Gasteiger partial charge in [0.15, 0.2) is 0 Å². The number of carbonyl (C=O) groups excluding carboxylic acids is 1. The highest BCUT2D eigenvalue weighted by atomic mass is 35.5. The van der Waals surface area contributed by atoms with Gasteiger partial charge in [-0.3, -0.25) is 14.9 Å².